The van der Waals surface area contributed by atoms with Crippen molar-refractivity contribution in [2.24, 2.45) is 0 Å². The average molecular weight is 428 g/mol. The molecule has 0 radical (unpaired) electrons. The van der Waals surface area contributed by atoms with Gasteiger partial charge in [0.25, 0.3) is 5.91 Å². The number of methoxy groups -OCH3 is 1. The Bertz CT molecular complexity index is 1140. The third-order valence-electron chi connectivity index (χ3n) is 4.74. The van der Waals surface area contributed by atoms with Crippen molar-refractivity contribution in [3.05, 3.63) is 65.9 Å². The maximum atomic E-state index is 12.9. The molecule has 8 heteroatoms. The Morgan fingerprint density at radius 2 is 1.90 bits per heavy atom. The number of sulfone groups is 1. The zero-order chi connectivity index (χ0) is 21.7. The second-order valence-electron chi connectivity index (χ2n) is 6.90. The van der Waals surface area contributed by atoms with E-state index in [4.69, 9.17) is 4.74 Å². The zero-order valence-corrected chi connectivity index (χ0v) is 18.1. The fraction of sp³-hybridized carbons (Fsp3) is 0.273. The molecule has 0 bridgehead atoms. The van der Waals surface area contributed by atoms with Gasteiger partial charge in [0, 0.05) is 24.1 Å². The highest BCUT2D eigenvalue weighted by Gasteiger charge is 2.19. The standard InChI is InChI=1S/C22H25N3O4S/c1-4-30(27,28)13-12-23-22(26)20-15-25(18-10-8-16(2)9-11-18)24-21(20)17-6-5-7-19(14-17)29-3/h5-11,14-15H,4,12-13H2,1-3H3,(H,23,26). The predicted molar refractivity (Wildman–Crippen MR) is 117 cm³/mol. The predicted octanol–water partition coefficient (Wildman–Crippen LogP) is 3.02. The Labute approximate surface area is 176 Å². The highest BCUT2D eigenvalue weighted by atomic mass is 32.2. The van der Waals surface area contributed by atoms with Crippen LogP contribution in [0.5, 0.6) is 5.75 Å². The molecule has 1 N–H and O–H groups in total. The van der Waals surface area contributed by atoms with Gasteiger partial charge in [-0.15, -0.1) is 0 Å². The Morgan fingerprint density at radius 1 is 1.17 bits per heavy atom. The van der Waals surface area contributed by atoms with Crippen molar-refractivity contribution in [1.29, 1.82) is 0 Å². The summed E-state index contributed by atoms with van der Waals surface area (Å²) in [6.45, 7) is 3.63. The van der Waals surface area contributed by atoms with Gasteiger partial charge in [0.15, 0.2) is 9.84 Å². The molecule has 1 amide bonds. The van der Waals surface area contributed by atoms with Crippen LogP contribution in [0.4, 0.5) is 0 Å². The smallest absolute Gasteiger partial charge is 0.255 e. The van der Waals surface area contributed by atoms with E-state index in [1.54, 1.807) is 31.0 Å². The molecule has 30 heavy (non-hydrogen) atoms. The topological polar surface area (TPSA) is 90.3 Å². The molecule has 0 saturated heterocycles. The van der Waals surface area contributed by atoms with Gasteiger partial charge < -0.3 is 10.1 Å². The number of aromatic nitrogens is 2. The Balaban J connectivity index is 1.96. The fourth-order valence-electron chi connectivity index (χ4n) is 2.91. The maximum Gasteiger partial charge on any atom is 0.255 e. The quantitative estimate of drug-likeness (QED) is 0.597. The number of ether oxygens (including phenoxy) is 1. The lowest BCUT2D eigenvalue weighted by Crippen LogP contribution is -2.29. The van der Waals surface area contributed by atoms with Crippen molar-refractivity contribution in [3.8, 4) is 22.7 Å². The summed E-state index contributed by atoms with van der Waals surface area (Å²) in [4.78, 5) is 12.9. The van der Waals surface area contributed by atoms with Crippen LogP contribution in [0.25, 0.3) is 16.9 Å². The number of carbonyl (C=O) groups excluding carboxylic acids is 1. The van der Waals surface area contributed by atoms with Crippen LogP contribution in [0, 0.1) is 6.92 Å². The molecule has 0 aliphatic heterocycles. The molecule has 3 rings (SSSR count). The molecule has 0 spiro atoms. The summed E-state index contributed by atoms with van der Waals surface area (Å²) in [5.74, 6) is 0.217. The molecule has 0 atom stereocenters. The number of rotatable bonds is 8. The van der Waals surface area contributed by atoms with Crippen LogP contribution in [0.2, 0.25) is 0 Å². The van der Waals surface area contributed by atoms with Crippen LogP contribution in [0.3, 0.4) is 0 Å². The lowest BCUT2D eigenvalue weighted by molar-refractivity contribution is 0.0956. The highest BCUT2D eigenvalue weighted by Crippen LogP contribution is 2.27. The zero-order valence-electron chi connectivity index (χ0n) is 17.3. The van der Waals surface area contributed by atoms with Gasteiger partial charge in [-0.1, -0.05) is 36.8 Å². The normalized spacial score (nSPS) is 11.3. The second-order valence-corrected chi connectivity index (χ2v) is 9.37. The molecule has 7 nitrogen and oxygen atoms in total. The number of carbonyl (C=O) groups is 1. The van der Waals surface area contributed by atoms with E-state index in [0.717, 1.165) is 16.8 Å². The highest BCUT2D eigenvalue weighted by molar-refractivity contribution is 7.91. The van der Waals surface area contributed by atoms with Gasteiger partial charge in [-0.25, -0.2) is 13.1 Å². The van der Waals surface area contributed by atoms with E-state index in [-0.39, 0.29) is 24.0 Å². The molecule has 0 unspecified atom stereocenters. The van der Waals surface area contributed by atoms with Crippen LogP contribution in [-0.2, 0) is 9.84 Å². The lowest BCUT2D eigenvalue weighted by atomic mass is 10.1. The van der Waals surface area contributed by atoms with Crippen molar-refractivity contribution in [2.75, 3.05) is 25.2 Å². The van der Waals surface area contributed by atoms with Gasteiger partial charge in [0.2, 0.25) is 0 Å². The minimum absolute atomic E-state index is 0.0439. The SMILES string of the molecule is CCS(=O)(=O)CCNC(=O)c1cn(-c2ccc(C)cc2)nc1-c1cccc(OC)c1. The number of hydrogen-bond donors (Lipinski definition) is 1. The van der Waals surface area contributed by atoms with Crippen LogP contribution in [0.15, 0.2) is 54.7 Å². The van der Waals surface area contributed by atoms with Crippen molar-refractivity contribution in [3.63, 3.8) is 0 Å². The monoisotopic (exact) mass is 427 g/mol. The molecule has 158 valence electrons. The van der Waals surface area contributed by atoms with Crippen molar-refractivity contribution < 1.29 is 17.9 Å². The summed E-state index contributed by atoms with van der Waals surface area (Å²) in [5.41, 5.74) is 3.51. The summed E-state index contributed by atoms with van der Waals surface area (Å²) in [6.07, 6.45) is 1.66. The number of benzene rings is 2. The Morgan fingerprint density at radius 3 is 2.57 bits per heavy atom. The summed E-state index contributed by atoms with van der Waals surface area (Å²) < 4.78 is 30.4. The number of aryl methyl sites for hydroxylation is 1. The number of nitrogens with zero attached hydrogens (tertiary/aromatic N) is 2. The number of nitrogens with one attached hydrogen (secondary N) is 1. The van der Waals surface area contributed by atoms with Crippen LogP contribution in [-0.4, -0.2) is 49.3 Å². The molecule has 0 fully saturated rings. The van der Waals surface area contributed by atoms with Gasteiger partial charge in [0.05, 0.1) is 24.1 Å². The van der Waals surface area contributed by atoms with Crippen LogP contribution in [0.1, 0.15) is 22.8 Å². The van der Waals surface area contributed by atoms with Crippen LogP contribution < -0.4 is 10.1 Å². The van der Waals surface area contributed by atoms with Gasteiger partial charge >= 0.3 is 0 Å². The minimum atomic E-state index is -3.16. The maximum absolute atomic E-state index is 12.9. The Kier molecular flexibility index (Phi) is 6.56. The van der Waals surface area contributed by atoms with Crippen molar-refractivity contribution >= 4 is 15.7 Å². The summed E-state index contributed by atoms with van der Waals surface area (Å²) in [6, 6.07) is 15.1. The van der Waals surface area contributed by atoms with Gasteiger partial charge in [-0.3, -0.25) is 4.79 Å². The molecular weight excluding hydrogens is 402 g/mol. The van der Waals surface area contributed by atoms with Gasteiger partial charge in [-0.05, 0) is 31.2 Å². The molecule has 0 saturated carbocycles. The van der Waals surface area contributed by atoms with Crippen molar-refractivity contribution in [2.45, 2.75) is 13.8 Å². The molecule has 0 aliphatic rings. The molecule has 1 aromatic heterocycles. The minimum Gasteiger partial charge on any atom is -0.497 e. The number of hydrogen-bond acceptors (Lipinski definition) is 5. The molecule has 3 aromatic rings. The fourth-order valence-corrected chi connectivity index (χ4v) is 3.61. The largest absolute Gasteiger partial charge is 0.497 e. The Hall–Kier alpha value is -3.13. The van der Waals surface area contributed by atoms with E-state index in [0.29, 0.717) is 17.0 Å². The van der Waals surface area contributed by atoms with E-state index in [2.05, 4.69) is 10.4 Å². The first kappa shape index (κ1) is 21.6. The molecule has 0 aliphatic carbocycles. The first-order chi connectivity index (χ1) is 14.3. The summed E-state index contributed by atoms with van der Waals surface area (Å²) >= 11 is 0. The summed E-state index contributed by atoms with van der Waals surface area (Å²) in [5, 5.41) is 7.33. The first-order valence-electron chi connectivity index (χ1n) is 9.62. The van der Waals surface area contributed by atoms with Crippen LogP contribution >= 0.6 is 0 Å². The molecule has 1 heterocycles. The molecular formula is C22H25N3O4S. The van der Waals surface area contributed by atoms with Crippen molar-refractivity contribution in [1.82, 2.24) is 15.1 Å². The third-order valence-corrected chi connectivity index (χ3v) is 6.44. The lowest BCUT2D eigenvalue weighted by Gasteiger charge is -2.06. The van der Waals surface area contributed by atoms with Gasteiger partial charge in [-0.2, -0.15) is 5.10 Å². The van der Waals surface area contributed by atoms with E-state index in [1.807, 2.05) is 49.4 Å². The average Bonchev–Trinajstić information content (AvgIpc) is 3.20. The van der Waals surface area contributed by atoms with E-state index < -0.39 is 9.84 Å². The van der Waals surface area contributed by atoms with E-state index in [9.17, 15) is 13.2 Å². The second kappa shape index (κ2) is 9.13. The van der Waals surface area contributed by atoms with Gasteiger partial charge in [0.1, 0.15) is 11.4 Å². The first-order valence-corrected chi connectivity index (χ1v) is 11.4. The van der Waals surface area contributed by atoms with E-state index >= 15 is 0 Å². The number of amides is 1. The molecule has 2 aromatic carbocycles. The summed E-state index contributed by atoms with van der Waals surface area (Å²) in [7, 11) is -1.59. The third kappa shape index (κ3) is 5.07. The van der Waals surface area contributed by atoms with E-state index in [1.165, 1.54) is 0 Å².